The van der Waals surface area contributed by atoms with Gasteiger partial charge in [-0.05, 0) is 40.0 Å². The van der Waals surface area contributed by atoms with Crippen LogP contribution in [0.5, 0.6) is 0 Å². The van der Waals surface area contributed by atoms with E-state index >= 15 is 0 Å². The molecular weight excluding hydrogens is 478 g/mol. The van der Waals surface area contributed by atoms with Crippen LogP contribution in [0.2, 0.25) is 0 Å². The minimum atomic E-state index is -1.37. The van der Waals surface area contributed by atoms with E-state index < -0.39 is 9.85 Å². The normalized spacial score (nSPS) is 13.1. The molecule has 0 saturated heterocycles. The van der Waals surface area contributed by atoms with Crippen LogP contribution in [0.25, 0.3) is 0 Å². The summed E-state index contributed by atoms with van der Waals surface area (Å²) in [5.41, 5.74) is 0. The molecule has 0 amide bonds. The SMILES string of the molecule is CCC(C)O.CCC(C)O.CCC(C)O.F[SiH2][c-]1cccc1.[Hf]. The summed E-state index contributed by atoms with van der Waals surface area (Å²) in [5, 5.41) is 26.0. The summed E-state index contributed by atoms with van der Waals surface area (Å²) in [5.74, 6) is 0. The molecule has 23 heavy (non-hydrogen) atoms. The van der Waals surface area contributed by atoms with Crippen molar-refractivity contribution >= 4 is 15.0 Å². The summed E-state index contributed by atoms with van der Waals surface area (Å²) in [6.45, 7) is 11.2. The Hall–Kier alpha value is 0.247. The molecule has 0 aliphatic heterocycles. The summed E-state index contributed by atoms with van der Waals surface area (Å²) in [4.78, 5) is 0. The van der Waals surface area contributed by atoms with Crippen LogP contribution in [0.15, 0.2) is 24.3 Å². The topological polar surface area (TPSA) is 60.7 Å². The maximum absolute atomic E-state index is 11.7. The smallest absolute Gasteiger partial charge is 0.189 e. The second-order valence-corrected chi connectivity index (χ2v) is 6.28. The summed E-state index contributed by atoms with van der Waals surface area (Å²) in [6, 6.07) is 7.38. The Morgan fingerprint density at radius 1 is 0.826 bits per heavy atom. The van der Waals surface area contributed by atoms with E-state index in [0.29, 0.717) is 0 Å². The number of aliphatic hydroxyl groups is 3. The average Bonchev–Trinajstić information content (AvgIpc) is 3.02. The molecule has 0 spiro atoms. The molecule has 3 N–H and O–H groups in total. The van der Waals surface area contributed by atoms with E-state index in [-0.39, 0.29) is 44.2 Å². The van der Waals surface area contributed by atoms with Crippen molar-refractivity contribution in [3.05, 3.63) is 24.3 Å². The molecule has 1 rings (SSSR count). The van der Waals surface area contributed by atoms with E-state index in [1.54, 1.807) is 20.8 Å². The number of aliphatic hydroxyl groups excluding tert-OH is 3. The zero-order valence-electron chi connectivity index (χ0n) is 15.6. The summed E-state index contributed by atoms with van der Waals surface area (Å²) >= 11 is 0. The first kappa shape index (κ1) is 31.1. The van der Waals surface area contributed by atoms with Gasteiger partial charge in [-0.3, -0.25) is 0 Å². The Kier molecular flexibility index (Phi) is 33.1. The van der Waals surface area contributed by atoms with Gasteiger partial charge in [0.2, 0.25) is 0 Å². The Morgan fingerprint density at radius 2 is 1.04 bits per heavy atom. The van der Waals surface area contributed by atoms with Gasteiger partial charge in [0.1, 0.15) is 0 Å². The van der Waals surface area contributed by atoms with Crippen LogP contribution in [-0.2, 0) is 25.8 Å². The quantitative estimate of drug-likeness (QED) is 0.329. The van der Waals surface area contributed by atoms with Gasteiger partial charge in [-0.2, -0.15) is 12.1 Å². The van der Waals surface area contributed by atoms with Crippen LogP contribution in [0.1, 0.15) is 60.8 Å². The molecule has 0 aliphatic carbocycles. The molecule has 138 valence electrons. The molecule has 0 saturated carbocycles. The van der Waals surface area contributed by atoms with Gasteiger partial charge >= 0.3 is 0 Å². The molecule has 3 nitrogen and oxygen atoms in total. The van der Waals surface area contributed by atoms with Crippen molar-refractivity contribution in [1.82, 2.24) is 0 Å². The largest absolute Gasteiger partial charge is 0.393 e. The van der Waals surface area contributed by atoms with Crippen LogP contribution in [0.4, 0.5) is 4.11 Å². The van der Waals surface area contributed by atoms with Crippen molar-refractivity contribution in [1.29, 1.82) is 0 Å². The monoisotopic (exact) mass is 515 g/mol. The summed E-state index contributed by atoms with van der Waals surface area (Å²) < 4.78 is 11.7. The molecule has 0 heterocycles. The molecule has 0 bridgehead atoms. The minimum Gasteiger partial charge on any atom is -0.393 e. The fourth-order valence-corrected chi connectivity index (χ4v) is 0.953. The maximum atomic E-state index is 11.7. The van der Waals surface area contributed by atoms with Gasteiger partial charge in [0.25, 0.3) is 0 Å². The first-order valence-corrected chi connectivity index (χ1v) is 9.29. The third-order valence-electron chi connectivity index (χ3n) is 2.66. The second-order valence-electron chi connectivity index (χ2n) is 5.20. The van der Waals surface area contributed by atoms with E-state index in [0.717, 1.165) is 24.4 Å². The maximum Gasteiger partial charge on any atom is 0.189 e. The van der Waals surface area contributed by atoms with Gasteiger partial charge in [-0.1, -0.05) is 20.8 Å². The molecular formula is C17H36FHfO3Si-. The van der Waals surface area contributed by atoms with Crippen molar-refractivity contribution in [2.24, 2.45) is 0 Å². The standard InChI is InChI=1S/C5H6FSi.3C4H10O.Hf/c6-7-5-3-1-2-4-5;3*1-3-4(2)5;/h1-4H,7H2;3*4-5H,3H2,1-2H3;/q-1;;;;. The van der Waals surface area contributed by atoms with Gasteiger partial charge < -0.3 is 19.4 Å². The Labute approximate surface area is 163 Å². The van der Waals surface area contributed by atoms with Gasteiger partial charge in [-0.25, -0.2) is 12.1 Å². The zero-order valence-corrected chi connectivity index (χ0v) is 20.6. The van der Waals surface area contributed by atoms with E-state index in [9.17, 15) is 4.11 Å². The molecule has 3 atom stereocenters. The molecule has 0 aliphatic rings. The van der Waals surface area contributed by atoms with Gasteiger partial charge in [0.05, 0.1) is 18.3 Å². The molecule has 0 aromatic heterocycles. The third-order valence-corrected chi connectivity index (χ3v) is 3.44. The van der Waals surface area contributed by atoms with Gasteiger partial charge in [0.15, 0.2) is 9.85 Å². The molecule has 0 fully saturated rings. The Morgan fingerprint density at radius 3 is 1.13 bits per heavy atom. The minimum absolute atomic E-state index is 0. The van der Waals surface area contributed by atoms with Crippen molar-refractivity contribution in [3.63, 3.8) is 0 Å². The first-order chi connectivity index (χ1) is 10.2. The van der Waals surface area contributed by atoms with Crippen LogP contribution >= 0.6 is 0 Å². The summed E-state index contributed by atoms with van der Waals surface area (Å²) in [7, 11) is -1.37. The predicted octanol–water partition coefficient (Wildman–Crippen LogP) is 2.41. The van der Waals surface area contributed by atoms with E-state index in [4.69, 9.17) is 15.3 Å². The van der Waals surface area contributed by atoms with Crippen molar-refractivity contribution < 1.29 is 45.3 Å². The summed E-state index contributed by atoms with van der Waals surface area (Å²) in [6.07, 6.45) is 2.24. The van der Waals surface area contributed by atoms with Crippen LogP contribution in [0.3, 0.4) is 0 Å². The molecule has 1 aromatic rings. The van der Waals surface area contributed by atoms with Crippen LogP contribution < -0.4 is 5.19 Å². The molecule has 1 aromatic carbocycles. The van der Waals surface area contributed by atoms with Crippen LogP contribution in [-0.4, -0.2) is 43.5 Å². The Balaban J connectivity index is -0.000000105. The average molecular weight is 514 g/mol. The van der Waals surface area contributed by atoms with Crippen LogP contribution in [0, 0.1) is 0 Å². The van der Waals surface area contributed by atoms with Gasteiger partial charge in [0, 0.05) is 25.8 Å². The predicted molar refractivity (Wildman–Crippen MR) is 97.2 cm³/mol. The first-order valence-electron chi connectivity index (χ1n) is 8.05. The second kappa shape index (κ2) is 24.5. The van der Waals surface area contributed by atoms with Crippen molar-refractivity contribution in [2.75, 3.05) is 0 Å². The molecule has 6 heteroatoms. The van der Waals surface area contributed by atoms with E-state index in [1.165, 1.54) is 0 Å². The number of hydrogen-bond acceptors (Lipinski definition) is 3. The molecule has 0 radical (unpaired) electrons. The van der Waals surface area contributed by atoms with Gasteiger partial charge in [-0.15, -0.1) is 5.19 Å². The van der Waals surface area contributed by atoms with Crippen molar-refractivity contribution in [2.45, 2.75) is 79.1 Å². The number of rotatable bonds is 4. The zero-order chi connectivity index (χ0) is 18.0. The fourth-order valence-electron chi connectivity index (χ4n) is 0.503. The Bertz CT molecular complexity index is 262. The van der Waals surface area contributed by atoms with E-state index in [2.05, 4.69) is 0 Å². The fraction of sp³-hybridized carbons (Fsp3) is 0.706. The van der Waals surface area contributed by atoms with E-state index in [1.807, 2.05) is 45.0 Å². The van der Waals surface area contributed by atoms with Crippen molar-refractivity contribution in [3.8, 4) is 0 Å². The molecule has 3 unspecified atom stereocenters. The number of halogens is 1. The number of hydrogen-bond donors (Lipinski definition) is 3. The third kappa shape index (κ3) is 39.2.